The van der Waals surface area contributed by atoms with Crippen LogP contribution in [0.25, 0.3) is 0 Å². The average molecular weight is 273 g/mol. The molecule has 0 heterocycles. The number of benzene rings is 1. The van der Waals surface area contributed by atoms with Crippen LogP contribution < -0.4 is 4.74 Å². The minimum atomic E-state index is -0.624. The van der Waals surface area contributed by atoms with E-state index < -0.39 is 6.10 Å². The molecule has 1 rings (SSSR count). The largest absolute Gasteiger partial charge is 0.491 e. The summed E-state index contributed by atoms with van der Waals surface area (Å²) in [6.07, 6.45) is -0.624. The minimum Gasteiger partial charge on any atom is -0.491 e. The second kappa shape index (κ2) is 8.16. The standard InChI is InChI=1S/C15H19N3O2/c1-12(7-16)9-18(2)10-14(19)11-20-15-5-3-13(8-17)4-6-15/h3-6,12,14,19H,9-11H2,1-2H3. The third-order valence-corrected chi connectivity index (χ3v) is 2.75. The third-order valence-electron chi connectivity index (χ3n) is 2.75. The van der Waals surface area contributed by atoms with Gasteiger partial charge >= 0.3 is 0 Å². The van der Waals surface area contributed by atoms with Crippen LogP contribution in [0.5, 0.6) is 5.75 Å². The maximum Gasteiger partial charge on any atom is 0.119 e. The molecule has 0 aliphatic heterocycles. The Labute approximate surface area is 119 Å². The summed E-state index contributed by atoms with van der Waals surface area (Å²) < 4.78 is 5.45. The quantitative estimate of drug-likeness (QED) is 0.812. The van der Waals surface area contributed by atoms with Gasteiger partial charge in [0.2, 0.25) is 0 Å². The lowest BCUT2D eigenvalue weighted by molar-refractivity contribution is 0.0744. The van der Waals surface area contributed by atoms with Crippen LogP contribution in [-0.4, -0.2) is 42.9 Å². The predicted molar refractivity (Wildman–Crippen MR) is 74.9 cm³/mol. The maximum atomic E-state index is 9.87. The van der Waals surface area contributed by atoms with Gasteiger partial charge in [0.1, 0.15) is 18.5 Å². The number of nitrogens with zero attached hydrogens (tertiary/aromatic N) is 3. The van der Waals surface area contributed by atoms with Crippen molar-refractivity contribution >= 4 is 0 Å². The third kappa shape index (κ3) is 5.71. The Morgan fingerprint density at radius 1 is 1.25 bits per heavy atom. The summed E-state index contributed by atoms with van der Waals surface area (Å²) in [5.41, 5.74) is 0.572. The molecule has 1 N–H and O–H groups in total. The Hall–Kier alpha value is -2.08. The number of ether oxygens (including phenoxy) is 1. The molecule has 2 atom stereocenters. The van der Waals surface area contributed by atoms with Gasteiger partial charge in [-0.25, -0.2) is 0 Å². The summed E-state index contributed by atoms with van der Waals surface area (Å²) in [6.45, 7) is 3.08. The smallest absolute Gasteiger partial charge is 0.119 e. The zero-order valence-electron chi connectivity index (χ0n) is 11.8. The first kappa shape index (κ1) is 16.0. The zero-order chi connectivity index (χ0) is 15.0. The Morgan fingerprint density at radius 3 is 2.45 bits per heavy atom. The van der Waals surface area contributed by atoms with Crippen molar-refractivity contribution in [1.82, 2.24) is 4.90 Å². The van der Waals surface area contributed by atoms with Crippen LogP contribution in [0.1, 0.15) is 12.5 Å². The van der Waals surface area contributed by atoms with Gasteiger partial charge in [-0.2, -0.15) is 10.5 Å². The average Bonchev–Trinajstić information content (AvgIpc) is 2.45. The number of hydrogen-bond acceptors (Lipinski definition) is 5. The summed E-state index contributed by atoms with van der Waals surface area (Å²) in [4.78, 5) is 1.90. The minimum absolute atomic E-state index is 0.0633. The van der Waals surface area contributed by atoms with E-state index >= 15 is 0 Å². The number of rotatable bonds is 7. The SMILES string of the molecule is CC(C#N)CN(C)CC(O)COc1ccc(C#N)cc1. The molecule has 0 bridgehead atoms. The lowest BCUT2D eigenvalue weighted by Gasteiger charge is -2.21. The summed E-state index contributed by atoms with van der Waals surface area (Å²) >= 11 is 0. The van der Waals surface area contributed by atoms with Crippen LogP contribution in [0, 0.1) is 28.6 Å². The first-order valence-corrected chi connectivity index (χ1v) is 6.44. The highest BCUT2D eigenvalue weighted by Crippen LogP contribution is 2.11. The Balaban J connectivity index is 2.34. The van der Waals surface area contributed by atoms with Gasteiger partial charge in [0.25, 0.3) is 0 Å². The molecule has 1 aromatic rings. The van der Waals surface area contributed by atoms with Gasteiger partial charge in [0, 0.05) is 13.1 Å². The second-order valence-corrected chi connectivity index (χ2v) is 4.85. The van der Waals surface area contributed by atoms with Crippen LogP contribution in [0.4, 0.5) is 0 Å². The van der Waals surface area contributed by atoms with Crippen molar-refractivity contribution in [3.05, 3.63) is 29.8 Å². The van der Waals surface area contributed by atoms with E-state index in [1.165, 1.54) is 0 Å². The fraction of sp³-hybridized carbons (Fsp3) is 0.467. The fourth-order valence-electron chi connectivity index (χ4n) is 1.81. The second-order valence-electron chi connectivity index (χ2n) is 4.85. The van der Waals surface area contributed by atoms with Crippen LogP contribution >= 0.6 is 0 Å². The molecule has 0 aliphatic carbocycles. The highest BCUT2D eigenvalue weighted by Gasteiger charge is 2.11. The molecular weight excluding hydrogens is 254 g/mol. The van der Waals surface area contributed by atoms with Crippen LogP contribution in [0.2, 0.25) is 0 Å². The fourth-order valence-corrected chi connectivity index (χ4v) is 1.81. The van der Waals surface area contributed by atoms with Crippen molar-refractivity contribution in [2.75, 3.05) is 26.7 Å². The number of likely N-dealkylation sites (N-methyl/N-ethyl adjacent to an activating group) is 1. The normalized spacial score (nSPS) is 13.3. The van der Waals surface area contributed by atoms with Gasteiger partial charge in [-0.3, -0.25) is 0 Å². The monoisotopic (exact) mass is 273 g/mol. The van der Waals surface area contributed by atoms with Crippen molar-refractivity contribution in [3.63, 3.8) is 0 Å². The summed E-state index contributed by atoms with van der Waals surface area (Å²) in [5.74, 6) is 0.558. The Morgan fingerprint density at radius 2 is 1.90 bits per heavy atom. The van der Waals surface area contributed by atoms with Crippen molar-refractivity contribution in [2.45, 2.75) is 13.0 Å². The van der Waals surface area contributed by atoms with Gasteiger partial charge in [0.05, 0.1) is 23.6 Å². The van der Waals surface area contributed by atoms with Crippen molar-refractivity contribution in [2.24, 2.45) is 5.92 Å². The van der Waals surface area contributed by atoms with E-state index in [1.54, 1.807) is 24.3 Å². The highest BCUT2D eigenvalue weighted by molar-refractivity contribution is 5.34. The molecule has 0 saturated carbocycles. The molecule has 20 heavy (non-hydrogen) atoms. The van der Waals surface area contributed by atoms with Crippen LogP contribution in [0.15, 0.2) is 24.3 Å². The lowest BCUT2D eigenvalue weighted by atomic mass is 10.2. The Bertz CT molecular complexity index is 487. The van der Waals surface area contributed by atoms with Crippen LogP contribution in [0.3, 0.4) is 0 Å². The van der Waals surface area contributed by atoms with Gasteiger partial charge in [-0.05, 0) is 38.2 Å². The number of hydrogen-bond donors (Lipinski definition) is 1. The van der Waals surface area contributed by atoms with Crippen molar-refractivity contribution < 1.29 is 9.84 Å². The van der Waals surface area contributed by atoms with Gasteiger partial charge < -0.3 is 14.7 Å². The first-order chi connectivity index (χ1) is 9.55. The summed E-state index contributed by atoms with van der Waals surface area (Å²) in [6, 6.07) is 10.9. The van der Waals surface area contributed by atoms with E-state index in [2.05, 4.69) is 6.07 Å². The van der Waals surface area contributed by atoms with E-state index in [0.29, 0.717) is 24.4 Å². The van der Waals surface area contributed by atoms with Gasteiger partial charge in [-0.15, -0.1) is 0 Å². The first-order valence-electron chi connectivity index (χ1n) is 6.44. The molecule has 0 aliphatic rings. The molecule has 106 valence electrons. The Kier molecular flexibility index (Phi) is 6.52. The number of aliphatic hydroxyl groups excluding tert-OH is 1. The molecule has 0 aromatic heterocycles. The van der Waals surface area contributed by atoms with E-state index in [1.807, 2.05) is 24.9 Å². The van der Waals surface area contributed by atoms with Crippen molar-refractivity contribution in [1.29, 1.82) is 10.5 Å². The number of aliphatic hydroxyl groups is 1. The summed E-state index contributed by atoms with van der Waals surface area (Å²) in [5, 5.41) is 27.3. The molecule has 5 nitrogen and oxygen atoms in total. The molecular formula is C15H19N3O2. The molecule has 0 saturated heterocycles. The molecule has 0 radical (unpaired) electrons. The maximum absolute atomic E-state index is 9.87. The van der Waals surface area contributed by atoms with E-state index in [9.17, 15) is 5.11 Å². The van der Waals surface area contributed by atoms with Crippen LogP contribution in [-0.2, 0) is 0 Å². The van der Waals surface area contributed by atoms with E-state index in [0.717, 1.165) is 0 Å². The lowest BCUT2D eigenvalue weighted by Crippen LogP contribution is -2.35. The van der Waals surface area contributed by atoms with E-state index in [-0.39, 0.29) is 12.5 Å². The molecule has 0 spiro atoms. The molecule has 0 amide bonds. The van der Waals surface area contributed by atoms with Crippen molar-refractivity contribution in [3.8, 4) is 17.9 Å². The highest BCUT2D eigenvalue weighted by atomic mass is 16.5. The summed E-state index contributed by atoms with van der Waals surface area (Å²) in [7, 11) is 1.86. The van der Waals surface area contributed by atoms with Gasteiger partial charge in [-0.1, -0.05) is 0 Å². The predicted octanol–water partition coefficient (Wildman–Crippen LogP) is 1.39. The number of nitriles is 2. The van der Waals surface area contributed by atoms with Gasteiger partial charge in [0.15, 0.2) is 0 Å². The molecule has 2 unspecified atom stereocenters. The van der Waals surface area contributed by atoms with E-state index in [4.69, 9.17) is 15.3 Å². The zero-order valence-corrected chi connectivity index (χ0v) is 11.8. The molecule has 5 heteroatoms. The topological polar surface area (TPSA) is 80.3 Å². The molecule has 0 fully saturated rings. The molecule has 1 aromatic carbocycles.